The van der Waals surface area contributed by atoms with E-state index >= 15 is 0 Å². The number of ether oxygens (including phenoxy) is 3. The van der Waals surface area contributed by atoms with Crippen molar-refractivity contribution in [3.05, 3.63) is 76.6 Å². The van der Waals surface area contributed by atoms with Crippen LogP contribution in [0.3, 0.4) is 0 Å². The lowest BCUT2D eigenvalue weighted by molar-refractivity contribution is -0.0687. The van der Waals surface area contributed by atoms with Crippen LogP contribution in [-0.2, 0) is 23.6 Å². The molecule has 12 heteroatoms. The summed E-state index contributed by atoms with van der Waals surface area (Å²) in [5, 5.41) is 12.6. The number of benzene rings is 1. The molecule has 3 aromatic heterocycles. The number of imidazole rings is 1. The van der Waals surface area contributed by atoms with Gasteiger partial charge in [0.25, 0.3) is 5.79 Å². The van der Waals surface area contributed by atoms with Crippen molar-refractivity contribution in [1.82, 2.24) is 24.4 Å². The van der Waals surface area contributed by atoms with E-state index in [0.717, 1.165) is 79.4 Å². The van der Waals surface area contributed by atoms with E-state index in [1.165, 1.54) is 5.56 Å². The Labute approximate surface area is 247 Å². The molecule has 3 aliphatic rings. The SMILES string of the molecule is CC1(c2ccc(Cl)nc2)Oc2cccc(C3CCN(Cc4nc5cc(C(N)=NO)ncc5n4CC4CCO4)CC3)c2O1. The summed E-state index contributed by atoms with van der Waals surface area (Å²) >= 11 is 6.00. The number of nitrogens with two attached hydrogens (primary N) is 1. The summed E-state index contributed by atoms with van der Waals surface area (Å²) in [7, 11) is 0. The van der Waals surface area contributed by atoms with Crippen molar-refractivity contribution >= 4 is 28.5 Å². The van der Waals surface area contributed by atoms with Crippen molar-refractivity contribution in [2.75, 3.05) is 19.7 Å². The van der Waals surface area contributed by atoms with Crippen LogP contribution in [0.1, 0.15) is 54.7 Å². The molecule has 6 heterocycles. The smallest absolute Gasteiger partial charge is 0.277 e. The minimum atomic E-state index is -0.956. The molecule has 0 spiro atoms. The predicted octanol–water partition coefficient (Wildman–Crippen LogP) is 4.39. The van der Waals surface area contributed by atoms with Crippen LogP contribution in [0.2, 0.25) is 5.15 Å². The minimum absolute atomic E-state index is 0.0377. The lowest BCUT2D eigenvalue weighted by atomic mass is 9.88. The molecule has 7 rings (SSSR count). The lowest BCUT2D eigenvalue weighted by Crippen LogP contribution is -2.35. The van der Waals surface area contributed by atoms with Gasteiger partial charge in [0.05, 0.1) is 42.0 Å². The average Bonchev–Trinajstić information content (AvgIpc) is 3.51. The van der Waals surface area contributed by atoms with Crippen LogP contribution in [0.5, 0.6) is 11.5 Å². The van der Waals surface area contributed by atoms with Gasteiger partial charge in [0, 0.05) is 25.3 Å². The molecule has 0 radical (unpaired) electrons. The van der Waals surface area contributed by atoms with Crippen LogP contribution in [0.4, 0.5) is 0 Å². The van der Waals surface area contributed by atoms with Gasteiger partial charge in [-0.25, -0.2) is 9.97 Å². The van der Waals surface area contributed by atoms with Crippen molar-refractivity contribution in [2.45, 2.75) is 57.1 Å². The molecule has 218 valence electrons. The van der Waals surface area contributed by atoms with E-state index in [1.54, 1.807) is 24.5 Å². The Morgan fingerprint density at radius 3 is 2.69 bits per heavy atom. The zero-order valence-electron chi connectivity index (χ0n) is 23.2. The van der Waals surface area contributed by atoms with Crippen LogP contribution in [0.15, 0.2) is 53.9 Å². The fourth-order valence-electron chi connectivity index (χ4n) is 6.06. The van der Waals surface area contributed by atoms with Gasteiger partial charge in [-0.3, -0.25) is 9.88 Å². The Morgan fingerprint density at radius 1 is 1.14 bits per heavy atom. The molecule has 0 aliphatic carbocycles. The fraction of sp³-hybridized carbons (Fsp3) is 0.400. The molecular formula is C30H32ClN7O4. The van der Waals surface area contributed by atoms with Gasteiger partial charge in [-0.1, -0.05) is 28.9 Å². The molecule has 2 atom stereocenters. The number of piperidine rings is 1. The van der Waals surface area contributed by atoms with Crippen molar-refractivity contribution in [3.63, 3.8) is 0 Å². The number of rotatable bonds is 7. The normalized spacial score (nSPS) is 22.9. The highest BCUT2D eigenvalue weighted by Crippen LogP contribution is 2.49. The molecule has 2 unspecified atom stereocenters. The number of para-hydroxylation sites is 1. The number of pyridine rings is 2. The Hall–Kier alpha value is -3.93. The average molecular weight is 590 g/mol. The molecular weight excluding hydrogens is 558 g/mol. The molecule has 0 bridgehead atoms. The second kappa shape index (κ2) is 10.7. The Morgan fingerprint density at radius 2 is 1.98 bits per heavy atom. The van der Waals surface area contributed by atoms with Gasteiger partial charge in [-0.15, -0.1) is 0 Å². The summed E-state index contributed by atoms with van der Waals surface area (Å²) in [5.41, 5.74) is 9.86. The van der Waals surface area contributed by atoms with E-state index in [9.17, 15) is 0 Å². The van der Waals surface area contributed by atoms with Gasteiger partial charge in [0.2, 0.25) is 0 Å². The molecule has 42 heavy (non-hydrogen) atoms. The quantitative estimate of drug-likeness (QED) is 0.106. The third-order valence-electron chi connectivity index (χ3n) is 8.52. The Kier molecular flexibility index (Phi) is 6.88. The number of fused-ring (bicyclic) bond motifs is 2. The summed E-state index contributed by atoms with van der Waals surface area (Å²) in [6, 6.07) is 11.5. The largest absolute Gasteiger partial charge is 0.444 e. The number of amidine groups is 1. The Balaban J connectivity index is 1.07. The zero-order chi connectivity index (χ0) is 28.8. The van der Waals surface area contributed by atoms with Crippen LogP contribution < -0.4 is 15.2 Å². The second-order valence-corrected chi connectivity index (χ2v) is 11.6. The third-order valence-corrected chi connectivity index (χ3v) is 8.74. The third kappa shape index (κ3) is 4.91. The van der Waals surface area contributed by atoms with E-state index in [4.69, 9.17) is 41.7 Å². The predicted molar refractivity (Wildman–Crippen MR) is 156 cm³/mol. The molecule has 4 aromatic rings. The molecule has 0 saturated carbocycles. The maximum atomic E-state index is 9.09. The van der Waals surface area contributed by atoms with Gasteiger partial charge in [-0.05, 0) is 62.5 Å². The highest BCUT2D eigenvalue weighted by atomic mass is 35.5. The summed E-state index contributed by atoms with van der Waals surface area (Å²) in [6.45, 7) is 5.98. The molecule has 3 N–H and O–H groups in total. The van der Waals surface area contributed by atoms with E-state index in [0.29, 0.717) is 23.3 Å². The maximum Gasteiger partial charge on any atom is 0.277 e. The van der Waals surface area contributed by atoms with Crippen molar-refractivity contribution in [3.8, 4) is 11.5 Å². The van der Waals surface area contributed by atoms with Crippen molar-refractivity contribution < 1.29 is 19.4 Å². The Bertz CT molecular complexity index is 1650. The summed E-state index contributed by atoms with van der Waals surface area (Å²) in [6.07, 6.45) is 6.62. The lowest BCUT2D eigenvalue weighted by Gasteiger charge is -2.33. The number of oxime groups is 1. The number of likely N-dealkylation sites (tertiary alicyclic amines) is 1. The monoisotopic (exact) mass is 589 g/mol. The van der Waals surface area contributed by atoms with E-state index in [1.807, 2.05) is 25.1 Å². The second-order valence-electron chi connectivity index (χ2n) is 11.2. The number of nitrogens with zero attached hydrogens (tertiary/aromatic N) is 6. The molecule has 1 aromatic carbocycles. The zero-order valence-corrected chi connectivity index (χ0v) is 24.0. The van der Waals surface area contributed by atoms with Crippen LogP contribution in [0.25, 0.3) is 11.0 Å². The van der Waals surface area contributed by atoms with Crippen molar-refractivity contribution in [1.29, 1.82) is 0 Å². The van der Waals surface area contributed by atoms with Crippen LogP contribution in [-0.4, -0.2) is 61.3 Å². The number of hydrogen-bond acceptors (Lipinski definition) is 9. The first-order chi connectivity index (χ1) is 20.4. The number of aromatic nitrogens is 4. The topological polar surface area (TPSA) is 133 Å². The number of halogens is 1. The van der Waals surface area contributed by atoms with Gasteiger partial charge < -0.3 is 29.7 Å². The maximum absolute atomic E-state index is 9.09. The minimum Gasteiger partial charge on any atom is -0.444 e. The highest BCUT2D eigenvalue weighted by molar-refractivity contribution is 6.29. The molecule has 3 aliphatic heterocycles. The molecule has 0 amide bonds. The van der Waals surface area contributed by atoms with E-state index in [-0.39, 0.29) is 11.9 Å². The van der Waals surface area contributed by atoms with Gasteiger partial charge in [-0.2, -0.15) is 0 Å². The first-order valence-corrected chi connectivity index (χ1v) is 14.6. The standard InChI is InChI=1S/C30H32ClN7O4/c1-30(19-5-6-26(31)34-14-19)41-25-4-2-3-21(28(25)42-30)18-7-10-37(11-8-18)17-27-35-22-13-23(29(32)36-39)33-15-24(22)38(27)16-20-9-12-40-20/h2-6,13-15,18,20,39H,7-12,16-17H2,1H3,(H2,32,36). The first-order valence-electron chi connectivity index (χ1n) is 14.2. The van der Waals surface area contributed by atoms with E-state index in [2.05, 4.69) is 30.7 Å². The molecule has 11 nitrogen and oxygen atoms in total. The van der Waals surface area contributed by atoms with Gasteiger partial charge >= 0.3 is 0 Å². The summed E-state index contributed by atoms with van der Waals surface area (Å²) in [4.78, 5) is 16.0. The van der Waals surface area contributed by atoms with Gasteiger partial charge in [0.1, 0.15) is 16.7 Å². The summed E-state index contributed by atoms with van der Waals surface area (Å²) < 4.78 is 20.7. The summed E-state index contributed by atoms with van der Waals surface area (Å²) in [5.74, 6) is 1.87. The molecule has 2 saturated heterocycles. The van der Waals surface area contributed by atoms with Crippen LogP contribution in [0, 0.1) is 0 Å². The number of hydrogen-bond donors (Lipinski definition) is 2. The van der Waals surface area contributed by atoms with Gasteiger partial charge in [0.15, 0.2) is 17.3 Å². The molecule has 2 fully saturated rings. The highest BCUT2D eigenvalue weighted by Gasteiger charge is 2.41. The van der Waals surface area contributed by atoms with Crippen LogP contribution >= 0.6 is 11.6 Å². The first kappa shape index (κ1) is 26.9. The van der Waals surface area contributed by atoms with Crippen molar-refractivity contribution in [2.24, 2.45) is 10.9 Å². The van der Waals surface area contributed by atoms with E-state index < -0.39 is 5.79 Å². The fourth-order valence-corrected chi connectivity index (χ4v) is 6.17.